The molecule has 0 fully saturated rings. The third kappa shape index (κ3) is 4.78. The van der Waals surface area contributed by atoms with Gasteiger partial charge in [0.2, 0.25) is 5.91 Å². The van der Waals surface area contributed by atoms with Crippen molar-refractivity contribution in [2.45, 2.75) is 17.9 Å². The molecule has 0 heterocycles. The van der Waals surface area contributed by atoms with Crippen molar-refractivity contribution < 1.29 is 18.7 Å². The molecular weight excluding hydrogens is 271 g/mol. The zero-order valence-electron chi connectivity index (χ0n) is 10.6. The first-order valence-corrected chi connectivity index (χ1v) is 6.53. The predicted molar refractivity (Wildman–Crippen MR) is 71.4 cm³/mol. The number of nitrogens with two attached hydrogens (primary N) is 1. The Morgan fingerprint density at radius 2 is 2.21 bits per heavy atom. The lowest BCUT2D eigenvalue weighted by Gasteiger charge is -2.12. The number of imide groups is 1. The lowest BCUT2D eigenvalue weighted by atomic mass is 10.2. The van der Waals surface area contributed by atoms with Crippen molar-refractivity contribution in [3.63, 3.8) is 0 Å². The van der Waals surface area contributed by atoms with Crippen LogP contribution in [0, 0.1) is 5.82 Å². The number of methoxy groups -OCH3 is 1. The second-order valence-corrected chi connectivity index (χ2v) is 5.09. The number of nitrogens with one attached hydrogen (secondary N) is 1. The Morgan fingerprint density at radius 3 is 2.79 bits per heavy atom. The third-order valence-electron chi connectivity index (χ3n) is 2.35. The highest BCUT2D eigenvalue weighted by molar-refractivity contribution is 7.99. The summed E-state index contributed by atoms with van der Waals surface area (Å²) in [4.78, 5) is 22.0. The summed E-state index contributed by atoms with van der Waals surface area (Å²) in [5, 5.41) is 1.51. The van der Waals surface area contributed by atoms with Gasteiger partial charge in [-0.1, -0.05) is 0 Å². The van der Waals surface area contributed by atoms with E-state index >= 15 is 0 Å². The largest absolute Gasteiger partial charge is 0.496 e. The molecule has 0 aromatic heterocycles. The van der Waals surface area contributed by atoms with Crippen molar-refractivity contribution in [1.82, 2.24) is 5.32 Å². The minimum Gasteiger partial charge on any atom is -0.496 e. The summed E-state index contributed by atoms with van der Waals surface area (Å²) in [5.74, 6) is 0.0868. The Kier molecular flexibility index (Phi) is 5.62. The molecule has 0 unspecified atom stereocenters. The van der Waals surface area contributed by atoms with E-state index in [2.05, 4.69) is 0 Å². The van der Waals surface area contributed by atoms with Crippen LogP contribution in [-0.4, -0.2) is 24.3 Å². The quantitative estimate of drug-likeness (QED) is 0.862. The summed E-state index contributed by atoms with van der Waals surface area (Å²) in [7, 11) is 1.49. The van der Waals surface area contributed by atoms with Gasteiger partial charge in [-0.15, -0.1) is 11.8 Å². The molecule has 104 valence electrons. The fourth-order valence-corrected chi connectivity index (χ4v) is 2.24. The number of thioether (sulfide) groups is 1. The van der Waals surface area contributed by atoms with Crippen molar-refractivity contribution in [2.75, 3.05) is 7.11 Å². The van der Waals surface area contributed by atoms with E-state index in [1.165, 1.54) is 37.1 Å². The topological polar surface area (TPSA) is 81.4 Å². The summed E-state index contributed by atoms with van der Waals surface area (Å²) in [6.45, 7) is 1.63. The molecule has 0 aliphatic carbocycles. The zero-order chi connectivity index (χ0) is 14.4. The molecule has 0 saturated heterocycles. The molecule has 19 heavy (non-hydrogen) atoms. The number of carbonyl (C=O) groups excluding carboxylic acids is 2. The van der Waals surface area contributed by atoms with E-state index in [-0.39, 0.29) is 5.82 Å². The maximum atomic E-state index is 13.1. The Balaban J connectivity index is 2.63. The monoisotopic (exact) mass is 286 g/mol. The normalized spacial score (nSPS) is 11.7. The van der Waals surface area contributed by atoms with Crippen LogP contribution in [0.15, 0.2) is 18.2 Å². The number of primary amides is 1. The SMILES string of the molecule is COc1ccc(F)cc1CS[C@@H](C)C(=O)NC(N)=O. The van der Waals surface area contributed by atoms with Gasteiger partial charge in [0.15, 0.2) is 0 Å². The summed E-state index contributed by atoms with van der Waals surface area (Å²) < 4.78 is 18.2. The fraction of sp³-hybridized carbons (Fsp3) is 0.333. The molecule has 1 atom stereocenters. The molecule has 0 saturated carbocycles. The molecular formula is C12H15FN2O3S. The Morgan fingerprint density at radius 1 is 1.53 bits per heavy atom. The highest BCUT2D eigenvalue weighted by atomic mass is 32.2. The molecule has 1 aromatic rings. The number of halogens is 1. The van der Waals surface area contributed by atoms with Crippen LogP contribution in [-0.2, 0) is 10.5 Å². The molecule has 0 bridgehead atoms. The van der Waals surface area contributed by atoms with Crippen molar-refractivity contribution in [1.29, 1.82) is 0 Å². The number of hydrogen-bond acceptors (Lipinski definition) is 4. The third-order valence-corrected chi connectivity index (χ3v) is 3.54. The molecule has 7 heteroatoms. The van der Waals surface area contributed by atoms with Crippen molar-refractivity contribution in [3.05, 3.63) is 29.6 Å². The molecule has 0 spiro atoms. The lowest BCUT2D eigenvalue weighted by Crippen LogP contribution is -2.39. The van der Waals surface area contributed by atoms with Crippen LogP contribution in [0.5, 0.6) is 5.75 Å². The van der Waals surface area contributed by atoms with Gasteiger partial charge in [0, 0.05) is 11.3 Å². The van der Waals surface area contributed by atoms with Crippen molar-refractivity contribution >= 4 is 23.7 Å². The summed E-state index contributed by atoms with van der Waals surface area (Å²) in [5.41, 5.74) is 5.50. The first-order valence-electron chi connectivity index (χ1n) is 5.48. The van der Waals surface area contributed by atoms with Crippen LogP contribution >= 0.6 is 11.8 Å². The number of amides is 3. The van der Waals surface area contributed by atoms with Crippen molar-refractivity contribution in [3.8, 4) is 5.75 Å². The average molecular weight is 286 g/mol. The van der Waals surface area contributed by atoms with Crippen LogP contribution in [0.1, 0.15) is 12.5 Å². The molecule has 0 aliphatic rings. The Labute approximate surface area is 114 Å². The minimum atomic E-state index is -0.888. The highest BCUT2D eigenvalue weighted by Crippen LogP contribution is 2.26. The van der Waals surface area contributed by atoms with Gasteiger partial charge in [0.1, 0.15) is 11.6 Å². The van der Waals surface area contributed by atoms with E-state index in [0.717, 1.165) is 0 Å². The molecule has 3 N–H and O–H groups in total. The van der Waals surface area contributed by atoms with Crippen LogP contribution in [0.3, 0.4) is 0 Å². The highest BCUT2D eigenvalue weighted by Gasteiger charge is 2.16. The summed E-state index contributed by atoms with van der Waals surface area (Å²) in [6.07, 6.45) is 0. The second-order valence-electron chi connectivity index (χ2n) is 3.76. The van der Waals surface area contributed by atoms with E-state index in [0.29, 0.717) is 17.1 Å². The van der Waals surface area contributed by atoms with Gasteiger partial charge in [0.05, 0.1) is 12.4 Å². The number of benzene rings is 1. The van der Waals surface area contributed by atoms with Gasteiger partial charge >= 0.3 is 6.03 Å². The molecule has 5 nitrogen and oxygen atoms in total. The van der Waals surface area contributed by atoms with Crippen LogP contribution < -0.4 is 15.8 Å². The van der Waals surface area contributed by atoms with E-state index in [4.69, 9.17) is 10.5 Å². The van der Waals surface area contributed by atoms with Crippen LogP contribution in [0.4, 0.5) is 9.18 Å². The number of hydrogen-bond donors (Lipinski definition) is 2. The average Bonchev–Trinajstić information content (AvgIpc) is 2.35. The van der Waals surface area contributed by atoms with Gasteiger partial charge < -0.3 is 10.5 Å². The maximum absolute atomic E-state index is 13.1. The molecule has 1 rings (SSSR count). The minimum absolute atomic E-state index is 0.370. The van der Waals surface area contributed by atoms with Gasteiger partial charge in [-0.05, 0) is 25.1 Å². The lowest BCUT2D eigenvalue weighted by molar-refractivity contribution is -0.119. The Hall–Kier alpha value is -1.76. The van der Waals surface area contributed by atoms with E-state index in [9.17, 15) is 14.0 Å². The molecule has 1 aromatic carbocycles. The van der Waals surface area contributed by atoms with Crippen LogP contribution in [0.2, 0.25) is 0 Å². The number of rotatable bonds is 5. The summed E-state index contributed by atoms with van der Waals surface area (Å²) in [6, 6.07) is 3.29. The standard InChI is InChI=1S/C12H15FN2O3S/c1-7(11(16)15-12(14)17)19-6-8-5-9(13)3-4-10(8)18-2/h3-5,7H,6H2,1-2H3,(H3,14,15,16,17)/t7-/m0/s1. The second kappa shape index (κ2) is 6.98. The maximum Gasteiger partial charge on any atom is 0.318 e. The zero-order valence-corrected chi connectivity index (χ0v) is 11.4. The van der Waals surface area contributed by atoms with Crippen LogP contribution in [0.25, 0.3) is 0 Å². The molecule has 0 radical (unpaired) electrons. The molecule has 3 amide bonds. The predicted octanol–water partition coefficient (Wildman–Crippen LogP) is 1.65. The van der Waals surface area contributed by atoms with Gasteiger partial charge in [0.25, 0.3) is 0 Å². The van der Waals surface area contributed by atoms with Gasteiger partial charge in [-0.3, -0.25) is 10.1 Å². The number of urea groups is 1. The van der Waals surface area contributed by atoms with Gasteiger partial charge in [-0.25, -0.2) is 9.18 Å². The van der Waals surface area contributed by atoms with Crippen molar-refractivity contribution in [2.24, 2.45) is 5.73 Å². The smallest absolute Gasteiger partial charge is 0.318 e. The number of carbonyl (C=O) groups is 2. The number of ether oxygens (including phenoxy) is 1. The first kappa shape index (κ1) is 15.3. The Bertz CT molecular complexity index is 482. The van der Waals surface area contributed by atoms with Gasteiger partial charge in [-0.2, -0.15) is 0 Å². The van der Waals surface area contributed by atoms with E-state index in [1.54, 1.807) is 6.92 Å². The van der Waals surface area contributed by atoms with E-state index < -0.39 is 17.2 Å². The first-order chi connectivity index (χ1) is 8.93. The fourth-order valence-electron chi connectivity index (χ4n) is 1.37. The summed E-state index contributed by atoms with van der Waals surface area (Å²) >= 11 is 1.25. The van der Waals surface area contributed by atoms with E-state index in [1.807, 2.05) is 5.32 Å². The molecule has 0 aliphatic heterocycles.